The van der Waals surface area contributed by atoms with Gasteiger partial charge in [0.15, 0.2) is 0 Å². The number of aromatic nitrogens is 2. The monoisotopic (exact) mass is 302 g/mol. The maximum Gasteiger partial charge on any atom is 0.118 e. The summed E-state index contributed by atoms with van der Waals surface area (Å²) < 4.78 is 0. The fraction of sp³-hybridized carbons (Fsp3) is 0.500. The molecule has 0 aliphatic heterocycles. The third-order valence-corrected chi connectivity index (χ3v) is 1.49. The molecule has 0 saturated heterocycles. The van der Waals surface area contributed by atoms with Gasteiger partial charge in [0, 0.05) is 51.3 Å². The number of aryl methyl sites for hydroxylation is 2. The molecule has 0 bridgehead atoms. The van der Waals surface area contributed by atoms with Gasteiger partial charge in [-0.1, -0.05) is 20.3 Å². The maximum atomic E-state index is 4.27. The molecule has 74 valence electrons. The molecule has 0 N–H and O–H groups in total. The van der Waals surface area contributed by atoms with Crippen molar-refractivity contribution in [2.45, 2.75) is 27.2 Å². The Kier molecular flexibility index (Phi) is 9.79. The van der Waals surface area contributed by atoms with Gasteiger partial charge in [0.2, 0.25) is 0 Å². The Balaban J connectivity index is 0. The standard InChI is InChI=1S/C10H14N2.V.Y/c1-7(2)5-10-6-8(3)11-9(4)12-10;;/h7H,1,5H2,2-4H3;;/q-2;;. The molecule has 1 aromatic rings. The van der Waals surface area contributed by atoms with E-state index in [0.717, 1.165) is 23.6 Å². The Hall–Kier alpha value is 0.768. The molecular formula is C10H14N2VY-2. The summed E-state index contributed by atoms with van der Waals surface area (Å²) in [5.41, 5.74) is 1.89. The first-order chi connectivity index (χ1) is 5.58. The Bertz CT molecular complexity index is 257. The van der Waals surface area contributed by atoms with Gasteiger partial charge >= 0.3 is 0 Å². The first-order valence-electron chi connectivity index (χ1n) is 4.14. The van der Waals surface area contributed by atoms with Gasteiger partial charge in [-0.15, -0.1) is 11.4 Å². The summed E-state index contributed by atoms with van der Waals surface area (Å²) in [5.74, 6) is 1.21. The van der Waals surface area contributed by atoms with Crippen molar-refractivity contribution in [3.05, 3.63) is 30.2 Å². The van der Waals surface area contributed by atoms with Crippen LogP contribution in [0.5, 0.6) is 0 Å². The van der Waals surface area contributed by atoms with Crippen molar-refractivity contribution in [2.75, 3.05) is 0 Å². The van der Waals surface area contributed by atoms with Crippen LogP contribution in [0.25, 0.3) is 0 Å². The van der Waals surface area contributed by atoms with Crippen molar-refractivity contribution in [2.24, 2.45) is 5.92 Å². The average molecular weight is 302 g/mol. The molecule has 0 spiro atoms. The quantitative estimate of drug-likeness (QED) is 0.780. The van der Waals surface area contributed by atoms with E-state index >= 15 is 0 Å². The average Bonchev–Trinajstić information content (AvgIpc) is 1.81. The van der Waals surface area contributed by atoms with Gasteiger partial charge in [-0.3, -0.25) is 9.97 Å². The zero-order valence-corrected chi connectivity index (χ0v) is 13.1. The predicted molar refractivity (Wildman–Crippen MR) is 48.6 cm³/mol. The minimum absolute atomic E-state index is 0. The Morgan fingerprint density at radius 2 is 1.93 bits per heavy atom. The van der Waals surface area contributed by atoms with Crippen molar-refractivity contribution in [3.63, 3.8) is 0 Å². The Morgan fingerprint density at radius 1 is 1.36 bits per heavy atom. The van der Waals surface area contributed by atoms with Crippen molar-refractivity contribution in [3.8, 4) is 0 Å². The number of rotatable bonds is 2. The van der Waals surface area contributed by atoms with Crippen LogP contribution in [0.15, 0.2) is 0 Å². The Labute approximate surface area is 123 Å². The second-order valence-corrected chi connectivity index (χ2v) is 3.24. The normalized spacial score (nSPS) is 11.1. The smallest absolute Gasteiger partial charge is 0.118 e. The van der Waals surface area contributed by atoms with Gasteiger partial charge in [0.1, 0.15) is 5.82 Å². The molecule has 0 fully saturated rings. The predicted octanol–water partition coefficient (Wildman–Crippen LogP) is 1.90. The molecule has 0 aliphatic rings. The molecule has 0 saturated carbocycles. The van der Waals surface area contributed by atoms with Gasteiger partial charge in [0.05, 0.1) is 0 Å². The van der Waals surface area contributed by atoms with E-state index in [9.17, 15) is 0 Å². The zero-order valence-electron chi connectivity index (χ0n) is 8.91. The fourth-order valence-electron chi connectivity index (χ4n) is 1.15. The molecule has 0 aliphatic carbocycles. The number of hydrogen-bond donors (Lipinski definition) is 0. The van der Waals surface area contributed by atoms with E-state index in [1.54, 1.807) is 0 Å². The van der Waals surface area contributed by atoms with E-state index in [4.69, 9.17) is 0 Å². The maximum absolute atomic E-state index is 4.27. The number of hydrogen-bond acceptors (Lipinski definition) is 2. The summed E-state index contributed by atoms with van der Waals surface area (Å²) in [5, 5.41) is 0. The molecule has 1 aromatic heterocycles. The molecule has 1 atom stereocenters. The van der Waals surface area contributed by atoms with E-state index < -0.39 is 0 Å². The first kappa shape index (κ1) is 17.2. The first-order valence-corrected chi connectivity index (χ1v) is 4.14. The topological polar surface area (TPSA) is 25.8 Å². The van der Waals surface area contributed by atoms with Crippen molar-refractivity contribution in [1.29, 1.82) is 0 Å². The van der Waals surface area contributed by atoms with Crippen molar-refractivity contribution < 1.29 is 51.3 Å². The molecule has 2 radical (unpaired) electrons. The van der Waals surface area contributed by atoms with Gasteiger partial charge in [0.25, 0.3) is 0 Å². The Morgan fingerprint density at radius 3 is 2.36 bits per heavy atom. The molecule has 0 amide bonds. The second-order valence-electron chi connectivity index (χ2n) is 3.24. The van der Waals surface area contributed by atoms with Crippen LogP contribution < -0.4 is 0 Å². The summed E-state index contributed by atoms with van der Waals surface area (Å²) in [6, 6.07) is 3.12. The van der Waals surface area contributed by atoms with Crippen LogP contribution in [0.3, 0.4) is 0 Å². The van der Waals surface area contributed by atoms with E-state index in [-0.39, 0.29) is 51.3 Å². The van der Waals surface area contributed by atoms with Crippen LogP contribution in [-0.4, -0.2) is 9.97 Å². The van der Waals surface area contributed by atoms with Crippen LogP contribution in [0.2, 0.25) is 0 Å². The van der Waals surface area contributed by atoms with Crippen LogP contribution in [-0.2, 0) is 57.7 Å². The molecule has 1 unspecified atom stereocenters. The molecule has 0 aromatic carbocycles. The fourth-order valence-corrected chi connectivity index (χ4v) is 1.15. The van der Waals surface area contributed by atoms with E-state index in [1.165, 1.54) is 0 Å². The summed E-state index contributed by atoms with van der Waals surface area (Å²) in [4.78, 5) is 8.42. The van der Waals surface area contributed by atoms with Crippen LogP contribution in [0.1, 0.15) is 24.1 Å². The van der Waals surface area contributed by atoms with Crippen LogP contribution in [0, 0.1) is 32.8 Å². The van der Waals surface area contributed by atoms with E-state index in [1.807, 2.05) is 13.8 Å². The third-order valence-electron chi connectivity index (χ3n) is 1.49. The molecule has 2 nitrogen and oxygen atoms in total. The van der Waals surface area contributed by atoms with Crippen LogP contribution >= 0.6 is 0 Å². The van der Waals surface area contributed by atoms with E-state index in [0.29, 0.717) is 5.92 Å². The molecule has 14 heavy (non-hydrogen) atoms. The van der Waals surface area contributed by atoms with E-state index in [2.05, 4.69) is 29.9 Å². The summed E-state index contributed by atoms with van der Waals surface area (Å²) in [6.07, 6.45) is 0.879. The van der Waals surface area contributed by atoms with Crippen molar-refractivity contribution >= 4 is 0 Å². The second kappa shape index (κ2) is 7.98. The molecule has 1 heterocycles. The minimum atomic E-state index is 0. The summed E-state index contributed by atoms with van der Waals surface area (Å²) in [6.45, 7) is 9.82. The van der Waals surface area contributed by atoms with Gasteiger partial charge in [-0.2, -0.15) is 5.92 Å². The molecule has 4 heteroatoms. The largest absolute Gasteiger partial charge is 0.427 e. The molecule has 1 rings (SSSR count). The summed E-state index contributed by atoms with van der Waals surface area (Å²) in [7, 11) is 0. The van der Waals surface area contributed by atoms with Crippen molar-refractivity contribution in [1.82, 2.24) is 9.97 Å². The minimum Gasteiger partial charge on any atom is -0.427 e. The van der Waals surface area contributed by atoms with Gasteiger partial charge in [-0.25, -0.2) is 0 Å². The van der Waals surface area contributed by atoms with Gasteiger partial charge in [-0.05, 0) is 6.92 Å². The third kappa shape index (κ3) is 6.29. The number of nitrogens with zero attached hydrogens (tertiary/aromatic N) is 2. The van der Waals surface area contributed by atoms with Gasteiger partial charge < -0.3 is 13.0 Å². The summed E-state index contributed by atoms with van der Waals surface area (Å²) >= 11 is 0. The molecular weight excluding hydrogens is 288 g/mol. The van der Waals surface area contributed by atoms with Crippen LogP contribution in [0.4, 0.5) is 0 Å². The SMILES string of the molecule is [CH2-]C(C)Cc1[c-]c(C)nc(C)n1.[V].[Y]. The zero-order chi connectivity index (χ0) is 9.14.